The minimum atomic E-state index is -0.240. The van der Waals surface area contributed by atoms with Crippen molar-refractivity contribution in [2.75, 3.05) is 6.54 Å². The monoisotopic (exact) mass is 366 g/mol. The zero-order valence-electron chi connectivity index (χ0n) is 14.2. The zero-order valence-corrected chi connectivity index (χ0v) is 14.9. The third-order valence-corrected chi connectivity index (χ3v) is 4.29. The summed E-state index contributed by atoms with van der Waals surface area (Å²) in [6.07, 6.45) is 0.239. The number of carbonyl (C=O) groups is 2. The summed E-state index contributed by atoms with van der Waals surface area (Å²) >= 11 is 5.91. The molecule has 0 aromatic heterocycles. The van der Waals surface area contributed by atoms with E-state index in [1.807, 2.05) is 54.6 Å². The van der Waals surface area contributed by atoms with Crippen LogP contribution in [0.4, 0.5) is 0 Å². The van der Waals surface area contributed by atoms with Gasteiger partial charge in [0.15, 0.2) is 0 Å². The van der Waals surface area contributed by atoms with Crippen molar-refractivity contribution in [3.63, 3.8) is 0 Å². The fraction of sp³-hybridized carbons (Fsp3) is 0.143. The van der Waals surface area contributed by atoms with E-state index >= 15 is 0 Å². The SMILES string of the molecule is O=C(CNC(=O)Cc1cccc2ccccc12)NCc1cccc(Cl)c1. The topological polar surface area (TPSA) is 58.2 Å². The first kappa shape index (κ1) is 18.0. The van der Waals surface area contributed by atoms with Crippen LogP contribution in [0.1, 0.15) is 11.1 Å². The highest BCUT2D eigenvalue weighted by atomic mass is 35.5. The number of hydrogen-bond donors (Lipinski definition) is 2. The molecule has 0 bridgehead atoms. The van der Waals surface area contributed by atoms with Gasteiger partial charge in [0.1, 0.15) is 0 Å². The quantitative estimate of drug-likeness (QED) is 0.701. The number of hydrogen-bond acceptors (Lipinski definition) is 2. The third kappa shape index (κ3) is 4.83. The molecule has 2 amide bonds. The molecule has 0 saturated heterocycles. The summed E-state index contributed by atoms with van der Waals surface area (Å²) < 4.78 is 0. The Morgan fingerprint density at radius 3 is 2.46 bits per heavy atom. The summed E-state index contributed by atoms with van der Waals surface area (Å²) in [7, 11) is 0. The Morgan fingerprint density at radius 2 is 1.62 bits per heavy atom. The molecule has 3 rings (SSSR count). The second-order valence-corrected chi connectivity index (χ2v) is 6.43. The number of rotatable bonds is 6. The third-order valence-electron chi connectivity index (χ3n) is 4.06. The van der Waals surface area contributed by atoms with Crippen LogP contribution in [0.5, 0.6) is 0 Å². The minimum absolute atomic E-state index is 0.0514. The van der Waals surface area contributed by atoms with Crippen molar-refractivity contribution in [1.29, 1.82) is 0 Å². The maximum atomic E-state index is 12.2. The van der Waals surface area contributed by atoms with Crippen LogP contribution in [0.2, 0.25) is 5.02 Å². The van der Waals surface area contributed by atoms with Gasteiger partial charge in [-0.3, -0.25) is 9.59 Å². The van der Waals surface area contributed by atoms with Gasteiger partial charge >= 0.3 is 0 Å². The van der Waals surface area contributed by atoms with Gasteiger partial charge in [-0.2, -0.15) is 0 Å². The number of carbonyl (C=O) groups excluding carboxylic acids is 2. The van der Waals surface area contributed by atoms with Crippen LogP contribution in [-0.4, -0.2) is 18.4 Å². The second kappa shape index (κ2) is 8.50. The Hall–Kier alpha value is -2.85. The van der Waals surface area contributed by atoms with Gasteiger partial charge in [-0.15, -0.1) is 0 Å². The zero-order chi connectivity index (χ0) is 18.4. The smallest absolute Gasteiger partial charge is 0.239 e. The molecule has 0 aliphatic carbocycles. The van der Waals surface area contributed by atoms with Crippen molar-refractivity contribution >= 4 is 34.2 Å². The number of fused-ring (bicyclic) bond motifs is 1. The van der Waals surface area contributed by atoms with Crippen LogP contribution >= 0.6 is 11.6 Å². The number of amides is 2. The molecule has 5 heteroatoms. The normalized spacial score (nSPS) is 10.5. The van der Waals surface area contributed by atoms with Crippen molar-refractivity contribution in [2.24, 2.45) is 0 Å². The lowest BCUT2D eigenvalue weighted by Crippen LogP contribution is -2.37. The van der Waals surface area contributed by atoms with Crippen molar-refractivity contribution in [1.82, 2.24) is 10.6 Å². The summed E-state index contributed by atoms with van der Waals surface area (Å²) in [6, 6.07) is 21.1. The first-order chi connectivity index (χ1) is 12.6. The average Bonchev–Trinajstić information content (AvgIpc) is 2.65. The molecule has 0 aliphatic rings. The van der Waals surface area contributed by atoms with Crippen LogP contribution in [0.15, 0.2) is 66.7 Å². The highest BCUT2D eigenvalue weighted by Gasteiger charge is 2.09. The summed E-state index contributed by atoms with van der Waals surface area (Å²) in [6.45, 7) is 0.322. The molecule has 2 N–H and O–H groups in total. The highest BCUT2D eigenvalue weighted by molar-refractivity contribution is 6.30. The van der Waals surface area contributed by atoms with Gasteiger partial charge < -0.3 is 10.6 Å². The molecule has 4 nitrogen and oxygen atoms in total. The van der Waals surface area contributed by atoms with Crippen LogP contribution in [0, 0.1) is 0 Å². The van der Waals surface area contributed by atoms with Gasteiger partial charge in [0, 0.05) is 11.6 Å². The Labute approximate surface area is 157 Å². The molecule has 0 spiro atoms. The molecule has 3 aromatic carbocycles. The van der Waals surface area contributed by atoms with Gasteiger partial charge in [0.25, 0.3) is 0 Å². The molecule has 0 atom stereocenters. The molecule has 132 valence electrons. The second-order valence-electron chi connectivity index (χ2n) is 6.00. The molecule has 26 heavy (non-hydrogen) atoms. The van der Waals surface area contributed by atoms with Crippen LogP contribution in [0.3, 0.4) is 0 Å². The van der Waals surface area contributed by atoms with Gasteiger partial charge in [0.2, 0.25) is 11.8 Å². The summed E-state index contributed by atoms with van der Waals surface area (Å²) in [5.74, 6) is -0.421. The van der Waals surface area contributed by atoms with Crippen LogP contribution < -0.4 is 10.6 Å². The fourth-order valence-electron chi connectivity index (χ4n) is 2.77. The van der Waals surface area contributed by atoms with Gasteiger partial charge in [-0.05, 0) is 34.0 Å². The molecule has 0 aliphatic heterocycles. The van der Waals surface area contributed by atoms with Gasteiger partial charge in [-0.1, -0.05) is 66.2 Å². The Kier molecular flexibility index (Phi) is 5.87. The van der Waals surface area contributed by atoms with Crippen molar-refractivity contribution in [2.45, 2.75) is 13.0 Å². The maximum Gasteiger partial charge on any atom is 0.239 e. The molecule has 0 fully saturated rings. The average molecular weight is 367 g/mol. The Balaban J connectivity index is 1.50. The molecule has 3 aromatic rings. The van der Waals surface area contributed by atoms with E-state index in [9.17, 15) is 9.59 Å². The Morgan fingerprint density at radius 1 is 0.846 bits per heavy atom. The summed E-state index contributed by atoms with van der Waals surface area (Å²) in [4.78, 5) is 24.1. The number of halogens is 1. The van der Waals surface area contributed by atoms with E-state index in [0.717, 1.165) is 21.9 Å². The Bertz CT molecular complexity index is 935. The molecular formula is C21H19ClN2O2. The predicted molar refractivity (Wildman–Crippen MR) is 104 cm³/mol. The first-order valence-electron chi connectivity index (χ1n) is 8.36. The summed E-state index contributed by atoms with van der Waals surface area (Å²) in [5.41, 5.74) is 1.85. The van der Waals surface area contributed by atoms with E-state index in [0.29, 0.717) is 11.6 Å². The maximum absolute atomic E-state index is 12.2. The minimum Gasteiger partial charge on any atom is -0.350 e. The van der Waals surface area contributed by atoms with E-state index in [-0.39, 0.29) is 24.8 Å². The number of nitrogens with one attached hydrogen (secondary N) is 2. The van der Waals surface area contributed by atoms with Crippen molar-refractivity contribution < 1.29 is 9.59 Å². The lowest BCUT2D eigenvalue weighted by atomic mass is 10.0. The molecule has 0 radical (unpaired) electrons. The van der Waals surface area contributed by atoms with Crippen LogP contribution in [0.25, 0.3) is 10.8 Å². The van der Waals surface area contributed by atoms with E-state index in [1.165, 1.54) is 0 Å². The predicted octanol–water partition coefficient (Wildman–Crippen LogP) is 3.47. The summed E-state index contributed by atoms with van der Waals surface area (Å²) in [5, 5.41) is 8.20. The fourth-order valence-corrected chi connectivity index (χ4v) is 2.98. The standard InChI is InChI=1S/C21H19ClN2O2/c22-18-9-3-5-15(11-18)13-23-21(26)14-24-20(25)12-17-8-4-7-16-6-1-2-10-19(16)17/h1-11H,12-14H2,(H,23,26)(H,24,25). The lowest BCUT2D eigenvalue weighted by molar-refractivity contribution is -0.125. The molecule has 0 saturated carbocycles. The van der Waals surface area contributed by atoms with E-state index in [1.54, 1.807) is 12.1 Å². The number of benzene rings is 3. The first-order valence-corrected chi connectivity index (χ1v) is 8.74. The van der Waals surface area contributed by atoms with Gasteiger partial charge in [0.05, 0.1) is 13.0 Å². The molecular weight excluding hydrogens is 348 g/mol. The lowest BCUT2D eigenvalue weighted by Gasteiger charge is -2.09. The van der Waals surface area contributed by atoms with E-state index in [4.69, 9.17) is 11.6 Å². The molecule has 0 heterocycles. The van der Waals surface area contributed by atoms with E-state index in [2.05, 4.69) is 10.6 Å². The van der Waals surface area contributed by atoms with Crippen molar-refractivity contribution in [3.8, 4) is 0 Å². The van der Waals surface area contributed by atoms with Crippen molar-refractivity contribution in [3.05, 3.63) is 82.9 Å². The molecule has 0 unspecified atom stereocenters. The highest BCUT2D eigenvalue weighted by Crippen LogP contribution is 2.18. The van der Waals surface area contributed by atoms with E-state index < -0.39 is 0 Å². The largest absolute Gasteiger partial charge is 0.350 e. The van der Waals surface area contributed by atoms with Gasteiger partial charge in [-0.25, -0.2) is 0 Å². The van der Waals surface area contributed by atoms with Crippen LogP contribution in [-0.2, 0) is 22.6 Å².